The molecule has 0 aliphatic carbocycles. The number of fused-ring (bicyclic) bond motifs is 1. The van der Waals surface area contributed by atoms with Crippen molar-refractivity contribution in [3.05, 3.63) is 41.8 Å². The number of rotatable bonds is 1. The molecule has 3 rings (SSSR count). The summed E-state index contributed by atoms with van der Waals surface area (Å²) in [7, 11) is 2.11. The second kappa shape index (κ2) is 3.76. The average molecular weight is 214 g/mol. The van der Waals surface area contributed by atoms with Gasteiger partial charge in [-0.3, -0.25) is 4.90 Å². The first-order chi connectivity index (χ1) is 7.83. The van der Waals surface area contributed by atoms with Gasteiger partial charge >= 0.3 is 0 Å². The maximum atomic E-state index is 5.80. The molecule has 2 aromatic rings. The second-order valence-corrected chi connectivity index (χ2v) is 4.24. The van der Waals surface area contributed by atoms with Gasteiger partial charge < -0.3 is 4.42 Å². The molecular formula is C13H14N2O. The topological polar surface area (TPSA) is 29.3 Å². The van der Waals surface area contributed by atoms with E-state index in [0.717, 1.165) is 42.4 Å². The first kappa shape index (κ1) is 9.60. The lowest BCUT2D eigenvalue weighted by Crippen LogP contribution is -2.25. The van der Waals surface area contributed by atoms with Crippen LogP contribution in [0.2, 0.25) is 0 Å². The second-order valence-electron chi connectivity index (χ2n) is 4.24. The van der Waals surface area contributed by atoms with Gasteiger partial charge in [0.2, 0.25) is 5.89 Å². The molecule has 1 aliphatic heterocycles. The van der Waals surface area contributed by atoms with Gasteiger partial charge in [-0.15, -0.1) is 0 Å². The summed E-state index contributed by atoms with van der Waals surface area (Å²) >= 11 is 0. The highest BCUT2D eigenvalue weighted by Gasteiger charge is 2.20. The molecule has 0 atom stereocenters. The highest BCUT2D eigenvalue weighted by atomic mass is 16.4. The van der Waals surface area contributed by atoms with E-state index in [9.17, 15) is 0 Å². The Hall–Kier alpha value is -1.61. The number of nitrogens with zero attached hydrogens (tertiary/aromatic N) is 2. The van der Waals surface area contributed by atoms with Gasteiger partial charge in [0.15, 0.2) is 0 Å². The molecule has 1 aromatic carbocycles. The summed E-state index contributed by atoms with van der Waals surface area (Å²) in [5.41, 5.74) is 2.15. The fourth-order valence-electron chi connectivity index (χ4n) is 2.03. The molecule has 82 valence electrons. The van der Waals surface area contributed by atoms with Crippen LogP contribution in [0.1, 0.15) is 11.5 Å². The number of oxazole rings is 1. The number of hydrogen-bond donors (Lipinski definition) is 0. The van der Waals surface area contributed by atoms with Crippen molar-refractivity contribution < 1.29 is 4.42 Å². The van der Waals surface area contributed by atoms with Gasteiger partial charge in [-0.25, -0.2) is 4.98 Å². The zero-order chi connectivity index (χ0) is 11.0. The molecule has 0 unspecified atom stereocenters. The van der Waals surface area contributed by atoms with Gasteiger partial charge in [-0.1, -0.05) is 18.2 Å². The Morgan fingerprint density at radius 1 is 1.25 bits per heavy atom. The lowest BCUT2D eigenvalue weighted by molar-refractivity contribution is 0.292. The van der Waals surface area contributed by atoms with Crippen LogP contribution < -0.4 is 0 Å². The van der Waals surface area contributed by atoms with Crippen LogP contribution in [-0.2, 0) is 13.0 Å². The van der Waals surface area contributed by atoms with E-state index in [4.69, 9.17) is 4.42 Å². The highest BCUT2D eigenvalue weighted by molar-refractivity contribution is 5.53. The molecule has 3 nitrogen and oxygen atoms in total. The minimum atomic E-state index is 0.751. The monoisotopic (exact) mass is 214 g/mol. The summed E-state index contributed by atoms with van der Waals surface area (Å²) < 4.78 is 5.80. The van der Waals surface area contributed by atoms with Gasteiger partial charge in [0, 0.05) is 25.1 Å². The fourth-order valence-corrected chi connectivity index (χ4v) is 2.03. The maximum Gasteiger partial charge on any atom is 0.226 e. The molecular weight excluding hydrogens is 200 g/mol. The van der Waals surface area contributed by atoms with Crippen LogP contribution in [0.25, 0.3) is 11.5 Å². The molecule has 1 aliphatic rings. The predicted octanol–water partition coefficient (Wildman–Crippen LogP) is 2.33. The third kappa shape index (κ3) is 1.63. The van der Waals surface area contributed by atoms with Gasteiger partial charge in [0.25, 0.3) is 0 Å². The summed E-state index contributed by atoms with van der Waals surface area (Å²) in [5, 5.41) is 0. The summed E-state index contributed by atoms with van der Waals surface area (Å²) in [6.07, 6.45) is 0.964. The molecule has 0 spiro atoms. The Kier molecular flexibility index (Phi) is 2.26. The van der Waals surface area contributed by atoms with Crippen LogP contribution in [0.4, 0.5) is 0 Å². The van der Waals surface area contributed by atoms with E-state index in [1.54, 1.807) is 0 Å². The van der Waals surface area contributed by atoms with Crippen LogP contribution in [-0.4, -0.2) is 23.5 Å². The standard InChI is InChI=1S/C13H14N2O/c1-15-8-7-12-11(9-15)14-13(16-12)10-5-3-2-4-6-10/h2-6H,7-9H2,1H3. The molecule has 0 amide bonds. The number of benzene rings is 1. The zero-order valence-electron chi connectivity index (χ0n) is 9.31. The van der Waals surface area contributed by atoms with Crippen molar-refractivity contribution in [1.82, 2.24) is 9.88 Å². The summed E-state index contributed by atoms with van der Waals surface area (Å²) in [4.78, 5) is 6.83. The third-order valence-corrected chi connectivity index (χ3v) is 2.94. The van der Waals surface area contributed by atoms with Gasteiger partial charge in [-0.05, 0) is 19.2 Å². The Balaban J connectivity index is 1.99. The normalized spacial score (nSPS) is 16.1. The average Bonchev–Trinajstić information content (AvgIpc) is 2.73. The number of likely N-dealkylation sites (N-methyl/N-ethyl adjacent to an activating group) is 1. The molecule has 2 heterocycles. The first-order valence-electron chi connectivity index (χ1n) is 5.55. The Morgan fingerprint density at radius 3 is 2.88 bits per heavy atom. The minimum absolute atomic E-state index is 0.751. The van der Waals surface area contributed by atoms with Crippen molar-refractivity contribution in [3.63, 3.8) is 0 Å². The molecule has 16 heavy (non-hydrogen) atoms. The van der Waals surface area contributed by atoms with Crippen molar-refractivity contribution in [2.75, 3.05) is 13.6 Å². The quantitative estimate of drug-likeness (QED) is 0.729. The van der Waals surface area contributed by atoms with Crippen molar-refractivity contribution in [1.29, 1.82) is 0 Å². The van der Waals surface area contributed by atoms with E-state index in [1.165, 1.54) is 0 Å². The van der Waals surface area contributed by atoms with Crippen LogP contribution in [0, 0.1) is 0 Å². The van der Waals surface area contributed by atoms with E-state index < -0.39 is 0 Å². The van der Waals surface area contributed by atoms with Gasteiger partial charge in [0.05, 0.1) is 5.69 Å². The predicted molar refractivity (Wildman–Crippen MR) is 62.0 cm³/mol. The zero-order valence-corrected chi connectivity index (χ0v) is 9.31. The molecule has 3 heteroatoms. The Labute approximate surface area is 94.7 Å². The van der Waals surface area contributed by atoms with Crippen molar-refractivity contribution in [2.45, 2.75) is 13.0 Å². The van der Waals surface area contributed by atoms with E-state index in [-0.39, 0.29) is 0 Å². The van der Waals surface area contributed by atoms with Gasteiger partial charge in [-0.2, -0.15) is 0 Å². The van der Waals surface area contributed by atoms with E-state index in [0.29, 0.717) is 0 Å². The van der Waals surface area contributed by atoms with E-state index >= 15 is 0 Å². The lowest BCUT2D eigenvalue weighted by atomic mass is 10.2. The van der Waals surface area contributed by atoms with Crippen molar-refractivity contribution in [2.24, 2.45) is 0 Å². The summed E-state index contributed by atoms with van der Waals surface area (Å²) in [6, 6.07) is 10.1. The van der Waals surface area contributed by atoms with Crippen LogP contribution in [0.5, 0.6) is 0 Å². The molecule has 0 N–H and O–H groups in total. The number of hydrogen-bond acceptors (Lipinski definition) is 3. The highest BCUT2D eigenvalue weighted by Crippen LogP contribution is 2.25. The lowest BCUT2D eigenvalue weighted by Gasteiger charge is -2.19. The largest absolute Gasteiger partial charge is 0.441 e. The molecule has 0 saturated carbocycles. The summed E-state index contributed by atoms with van der Waals surface area (Å²) in [5.74, 6) is 1.80. The van der Waals surface area contributed by atoms with Gasteiger partial charge in [0.1, 0.15) is 5.76 Å². The molecule has 0 saturated heterocycles. The Morgan fingerprint density at radius 2 is 2.06 bits per heavy atom. The molecule has 0 bridgehead atoms. The Bertz CT molecular complexity index is 490. The minimum Gasteiger partial charge on any atom is -0.441 e. The van der Waals surface area contributed by atoms with Crippen molar-refractivity contribution in [3.8, 4) is 11.5 Å². The SMILES string of the molecule is CN1CCc2oc(-c3ccccc3)nc2C1. The fraction of sp³-hybridized carbons (Fsp3) is 0.308. The van der Waals surface area contributed by atoms with Crippen molar-refractivity contribution >= 4 is 0 Å². The molecule has 0 fully saturated rings. The third-order valence-electron chi connectivity index (χ3n) is 2.94. The molecule has 1 aromatic heterocycles. The van der Waals surface area contributed by atoms with E-state index in [2.05, 4.69) is 16.9 Å². The van der Waals surface area contributed by atoms with E-state index in [1.807, 2.05) is 30.3 Å². The summed E-state index contributed by atoms with van der Waals surface area (Å²) in [6.45, 7) is 1.95. The number of aromatic nitrogens is 1. The first-order valence-corrected chi connectivity index (χ1v) is 5.55. The van der Waals surface area contributed by atoms with Crippen LogP contribution in [0.15, 0.2) is 34.7 Å². The maximum absolute atomic E-state index is 5.80. The van der Waals surface area contributed by atoms with Crippen LogP contribution >= 0.6 is 0 Å². The smallest absolute Gasteiger partial charge is 0.226 e. The van der Waals surface area contributed by atoms with Crippen LogP contribution in [0.3, 0.4) is 0 Å². The molecule has 0 radical (unpaired) electrons.